The van der Waals surface area contributed by atoms with Crippen LogP contribution in [0.5, 0.6) is 46.0 Å². The van der Waals surface area contributed by atoms with E-state index in [0.717, 1.165) is 0 Å². The van der Waals surface area contributed by atoms with Gasteiger partial charge in [-0.05, 0) is 36.4 Å². The number of aliphatic hydroxyl groups is 1. The molecular weight excluding hydrogens is 444 g/mol. The second kappa shape index (κ2) is 7.73. The van der Waals surface area contributed by atoms with Crippen LogP contribution in [0.25, 0.3) is 11.3 Å². The summed E-state index contributed by atoms with van der Waals surface area (Å²) in [5.41, 5.74) is 1.68. The first-order chi connectivity index (χ1) is 16.3. The van der Waals surface area contributed by atoms with Crippen molar-refractivity contribution in [3.63, 3.8) is 0 Å². The summed E-state index contributed by atoms with van der Waals surface area (Å²) in [5.74, 6) is -0.0770. The Morgan fingerprint density at radius 3 is 2.12 bits per heavy atom. The van der Waals surface area contributed by atoms with Crippen LogP contribution in [0.2, 0.25) is 0 Å². The first-order valence-corrected chi connectivity index (χ1v) is 10.1. The molecule has 3 aromatic carbocycles. The van der Waals surface area contributed by atoms with E-state index in [1.54, 1.807) is 12.1 Å². The van der Waals surface area contributed by atoms with Crippen molar-refractivity contribution < 1.29 is 44.5 Å². The van der Waals surface area contributed by atoms with E-state index in [1.807, 2.05) is 0 Å². The van der Waals surface area contributed by atoms with E-state index in [1.165, 1.54) is 50.6 Å². The van der Waals surface area contributed by atoms with Gasteiger partial charge in [-0.15, -0.1) is 0 Å². The third-order valence-corrected chi connectivity index (χ3v) is 5.65. The molecule has 2 heterocycles. The largest absolute Gasteiger partial charge is 0.508 e. The number of rotatable bonds is 4. The molecule has 0 saturated heterocycles. The van der Waals surface area contributed by atoms with E-state index < -0.39 is 6.10 Å². The summed E-state index contributed by atoms with van der Waals surface area (Å²) in [5, 5.41) is 51.4. The normalized spacial score (nSPS) is 16.2. The van der Waals surface area contributed by atoms with Gasteiger partial charge in [0.25, 0.3) is 0 Å². The number of aromatic hydroxyl groups is 4. The average Bonchev–Trinajstić information content (AvgIpc) is 2.82. The molecule has 9 heteroatoms. The zero-order chi connectivity index (χ0) is 24.1. The molecule has 2 aliphatic heterocycles. The molecule has 0 saturated carbocycles. The van der Waals surface area contributed by atoms with Crippen LogP contribution in [-0.4, -0.2) is 39.8 Å². The quantitative estimate of drug-likeness (QED) is 0.357. The number of phenols is 4. The van der Waals surface area contributed by atoms with Gasteiger partial charge in [-0.2, -0.15) is 0 Å². The lowest BCUT2D eigenvalue weighted by atomic mass is 9.91. The number of phenolic OH excluding ortho intramolecular Hbond substituents is 4. The van der Waals surface area contributed by atoms with Crippen molar-refractivity contribution in [1.29, 1.82) is 0 Å². The van der Waals surface area contributed by atoms with Crippen LogP contribution in [-0.2, 0) is 0 Å². The molecule has 3 aromatic rings. The number of allylic oxidation sites excluding steroid dienone is 2. The highest BCUT2D eigenvalue weighted by atomic mass is 16.5. The van der Waals surface area contributed by atoms with Crippen LogP contribution in [0.15, 0.2) is 54.3 Å². The Kier molecular flexibility index (Phi) is 4.82. The Bertz CT molecular complexity index is 1360. The van der Waals surface area contributed by atoms with Gasteiger partial charge in [0, 0.05) is 28.8 Å². The molecule has 0 radical (unpaired) electrons. The summed E-state index contributed by atoms with van der Waals surface area (Å²) in [6.07, 6.45) is 0.554. The second-order valence-electron chi connectivity index (χ2n) is 7.70. The van der Waals surface area contributed by atoms with Crippen LogP contribution in [0.3, 0.4) is 0 Å². The molecule has 34 heavy (non-hydrogen) atoms. The standard InChI is InChI=1S/C25H20O9/c1-31-20-6-12(7-21(32-2)24(20)30)25-23(29)14-10-17(11-3-4-15(27)16(28)5-11)33-18-8-13(26)9-19(34-25)22(14)18/h3-10,25-30H,1-2H3. The fourth-order valence-corrected chi connectivity index (χ4v) is 4.00. The topological polar surface area (TPSA) is 138 Å². The lowest BCUT2D eigenvalue weighted by molar-refractivity contribution is 0.171. The molecule has 0 amide bonds. The second-order valence-corrected chi connectivity index (χ2v) is 7.70. The summed E-state index contributed by atoms with van der Waals surface area (Å²) in [6.45, 7) is 0. The lowest BCUT2D eigenvalue weighted by Crippen LogP contribution is -2.19. The van der Waals surface area contributed by atoms with Crippen molar-refractivity contribution in [3.8, 4) is 46.0 Å². The maximum Gasteiger partial charge on any atom is 0.200 e. The van der Waals surface area contributed by atoms with Crippen LogP contribution < -0.4 is 18.9 Å². The van der Waals surface area contributed by atoms with Gasteiger partial charge in [0.05, 0.1) is 19.8 Å². The van der Waals surface area contributed by atoms with E-state index in [0.29, 0.717) is 22.3 Å². The molecule has 9 nitrogen and oxygen atoms in total. The molecular formula is C25H20O9. The predicted molar refractivity (Wildman–Crippen MR) is 121 cm³/mol. The number of aliphatic hydroxyl groups excluding tert-OH is 1. The van der Waals surface area contributed by atoms with Crippen molar-refractivity contribution in [2.75, 3.05) is 14.2 Å². The monoisotopic (exact) mass is 464 g/mol. The third-order valence-electron chi connectivity index (χ3n) is 5.65. The molecule has 0 aromatic heterocycles. The summed E-state index contributed by atoms with van der Waals surface area (Å²) in [7, 11) is 2.77. The number of benzene rings is 3. The Morgan fingerprint density at radius 1 is 0.794 bits per heavy atom. The van der Waals surface area contributed by atoms with Gasteiger partial charge in [0.1, 0.15) is 28.8 Å². The zero-order valence-electron chi connectivity index (χ0n) is 18.1. The summed E-state index contributed by atoms with van der Waals surface area (Å²) < 4.78 is 22.4. The van der Waals surface area contributed by atoms with Crippen LogP contribution in [0.4, 0.5) is 0 Å². The molecule has 174 valence electrons. The fraction of sp³-hybridized carbons (Fsp3) is 0.120. The van der Waals surface area contributed by atoms with Crippen molar-refractivity contribution in [2.24, 2.45) is 0 Å². The van der Waals surface area contributed by atoms with Gasteiger partial charge >= 0.3 is 0 Å². The van der Waals surface area contributed by atoms with E-state index in [-0.39, 0.29) is 57.5 Å². The Hall–Kier alpha value is -4.66. The maximum absolute atomic E-state index is 11.3. The minimum Gasteiger partial charge on any atom is -0.508 e. The summed E-state index contributed by atoms with van der Waals surface area (Å²) in [4.78, 5) is 0. The Morgan fingerprint density at radius 2 is 1.47 bits per heavy atom. The summed E-state index contributed by atoms with van der Waals surface area (Å²) in [6, 6.07) is 9.98. The number of hydrogen-bond donors (Lipinski definition) is 5. The predicted octanol–water partition coefficient (Wildman–Crippen LogP) is 4.36. The molecule has 0 fully saturated rings. The first-order valence-electron chi connectivity index (χ1n) is 10.1. The zero-order valence-corrected chi connectivity index (χ0v) is 18.1. The summed E-state index contributed by atoms with van der Waals surface area (Å²) >= 11 is 0. The van der Waals surface area contributed by atoms with E-state index in [4.69, 9.17) is 18.9 Å². The van der Waals surface area contributed by atoms with Gasteiger partial charge in [-0.1, -0.05) is 0 Å². The highest BCUT2D eigenvalue weighted by Crippen LogP contribution is 2.52. The van der Waals surface area contributed by atoms with Crippen molar-refractivity contribution in [3.05, 3.63) is 71.0 Å². The Labute approximate surface area is 193 Å². The van der Waals surface area contributed by atoms with Gasteiger partial charge in [-0.25, -0.2) is 0 Å². The highest BCUT2D eigenvalue weighted by molar-refractivity contribution is 5.93. The first kappa shape index (κ1) is 21.2. The molecule has 1 atom stereocenters. The number of ether oxygens (including phenoxy) is 4. The lowest BCUT2D eigenvalue weighted by Gasteiger charge is -2.32. The molecule has 0 aliphatic carbocycles. The van der Waals surface area contributed by atoms with Crippen LogP contribution in [0.1, 0.15) is 22.8 Å². The molecule has 5 rings (SSSR count). The van der Waals surface area contributed by atoms with Crippen LogP contribution >= 0.6 is 0 Å². The van der Waals surface area contributed by atoms with Gasteiger partial charge in [-0.3, -0.25) is 0 Å². The molecule has 1 unspecified atom stereocenters. The minimum absolute atomic E-state index is 0.121. The molecule has 2 aliphatic rings. The van der Waals surface area contributed by atoms with E-state index in [9.17, 15) is 25.5 Å². The Balaban J connectivity index is 1.70. The third kappa shape index (κ3) is 3.25. The van der Waals surface area contributed by atoms with E-state index in [2.05, 4.69) is 0 Å². The molecule has 0 spiro atoms. The molecule has 5 N–H and O–H groups in total. The SMILES string of the molecule is COc1cc(C2Oc3cc(O)cc4c3C(=C2O)C=C(c2ccc(O)c(O)c2)O4)cc(OC)c1O. The fourth-order valence-electron chi connectivity index (χ4n) is 4.00. The average molecular weight is 464 g/mol. The van der Waals surface area contributed by atoms with Gasteiger partial charge < -0.3 is 44.5 Å². The maximum atomic E-state index is 11.3. The van der Waals surface area contributed by atoms with Gasteiger partial charge in [0.2, 0.25) is 5.75 Å². The smallest absolute Gasteiger partial charge is 0.200 e. The van der Waals surface area contributed by atoms with Crippen LogP contribution in [0, 0.1) is 0 Å². The van der Waals surface area contributed by atoms with E-state index >= 15 is 0 Å². The van der Waals surface area contributed by atoms with Crippen molar-refractivity contribution >= 4 is 11.3 Å². The highest BCUT2D eigenvalue weighted by Gasteiger charge is 2.36. The number of methoxy groups -OCH3 is 2. The van der Waals surface area contributed by atoms with Crippen molar-refractivity contribution in [2.45, 2.75) is 6.10 Å². The van der Waals surface area contributed by atoms with Gasteiger partial charge in [0.15, 0.2) is 29.1 Å². The minimum atomic E-state index is -1.02. The molecule has 0 bridgehead atoms. The number of hydrogen-bond acceptors (Lipinski definition) is 9. The van der Waals surface area contributed by atoms with Crippen molar-refractivity contribution in [1.82, 2.24) is 0 Å².